The monoisotopic (exact) mass is 281 g/mol. The Morgan fingerprint density at radius 2 is 2.06 bits per heavy atom. The molecule has 0 radical (unpaired) electrons. The minimum Gasteiger partial charge on any atom is -0.235 e. The molecule has 0 bridgehead atoms. The third-order valence-corrected chi connectivity index (χ3v) is 3.73. The molecule has 3 nitrogen and oxygen atoms in total. The molecule has 3 heterocycles. The van der Waals surface area contributed by atoms with E-state index in [2.05, 4.69) is 15.0 Å². The molecule has 0 aromatic carbocycles. The van der Waals surface area contributed by atoms with E-state index in [0.29, 0.717) is 21.1 Å². The van der Waals surface area contributed by atoms with E-state index in [0.717, 1.165) is 4.70 Å². The highest BCUT2D eigenvalue weighted by molar-refractivity contribution is 7.94. The molecule has 90 valence electrons. The van der Waals surface area contributed by atoms with Gasteiger partial charge in [-0.15, -0.1) is 11.3 Å². The van der Waals surface area contributed by atoms with Crippen molar-refractivity contribution < 1.29 is 8.28 Å². The number of hydrogen-bond acceptors (Lipinski definition) is 5. The molecule has 0 saturated heterocycles. The van der Waals surface area contributed by atoms with Crippen LogP contribution < -0.4 is 0 Å². The Labute approximate surface area is 109 Å². The summed E-state index contributed by atoms with van der Waals surface area (Å²) in [6.07, 6.45) is 2.84. The number of halogens is 2. The number of fused-ring (bicyclic) bond motifs is 1. The van der Waals surface area contributed by atoms with Crippen molar-refractivity contribution in [2.24, 2.45) is 0 Å². The molecule has 3 rings (SSSR count). The molecule has 0 unspecified atom stereocenters. The molecule has 0 N–H and O–H groups in total. The lowest BCUT2D eigenvalue weighted by molar-refractivity contribution is 0.584. The summed E-state index contributed by atoms with van der Waals surface area (Å²) in [5.74, 6) is -0.533. The fourth-order valence-electron chi connectivity index (χ4n) is 1.47. The smallest absolute Gasteiger partial charge is 0.212 e. The van der Waals surface area contributed by atoms with Crippen LogP contribution in [0.1, 0.15) is 0 Å². The lowest BCUT2D eigenvalue weighted by atomic mass is 10.3. The number of hydrogen-bond donors (Lipinski definition) is 0. The molecular formula is C11H5F2N3S2. The van der Waals surface area contributed by atoms with Crippen LogP contribution in [0.25, 0.3) is 20.9 Å². The van der Waals surface area contributed by atoms with Gasteiger partial charge in [0, 0.05) is 18.0 Å². The zero-order chi connectivity index (χ0) is 12.5. The fourth-order valence-corrected chi connectivity index (χ4v) is 2.75. The molecule has 7 heteroatoms. The molecule has 3 aromatic rings. The second kappa shape index (κ2) is 4.58. The van der Waals surface area contributed by atoms with E-state index < -0.39 is 5.95 Å². The number of rotatable bonds is 2. The topological polar surface area (TPSA) is 38.7 Å². The molecule has 0 amide bonds. The third-order valence-electron chi connectivity index (χ3n) is 2.29. The maximum Gasteiger partial charge on any atom is 0.212 e. The minimum absolute atomic E-state index is 0.145. The predicted molar refractivity (Wildman–Crippen MR) is 67.6 cm³/mol. The standard InChI is InChI=1S/C11H5F2N3S2/c12-9-2-1-6(4-14-9)11-16-10-8(17-11)3-7(18-13)5-15-10/h1-5H. The van der Waals surface area contributed by atoms with Crippen LogP contribution >= 0.6 is 23.5 Å². The van der Waals surface area contributed by atoms with E-state index in [4.69, 9.17) is 0 Å². The van der Waals surface area contributed by atoms with Crippen LogP contribution in [0, 0.1) is 5.95 Å². The first-order valence-electron chi connectivity index (χ1n) is 4.93. The Hall–Kier alpha value is -1.60. The van der Waals surface area contributed by atoms with Crippen molar-refractivity contribution in [2.75, 3.05) is 0 Å². The molecule has 0 aliphatic carbocycles. The number of aromatic nitrogens is 3. The predicted octanol–water partition coefficient (Wildman–Crippen LogP) is 3.87. The number of pyridine rings is 2. The molecule has 3 aromatic heterocycles. The van der Waals surface area contributed by atoms with Crippen molar-refractivity contribution in [1.82, 2.24) is 15.0 Å². The van der Waals surface area contributed by atoms with E-state index in [1.165, 1.54) is 29.8 Å². The summed E-state index contributed by atoms with van der Waals surface area (Å²) in [6, 6.07) is 4.56. The van der Waals surface area contributed by atoms with Gasteiger partial charge in [0.15, 0.2) is 5.65 Å². The number of nitrogens with zero attached hydrogens (tertiary/aromatic N) is 3. The Morgan fingerprint density at radius 1 is 1.17 bits per heavy atom. The second-order valence-corrected chi connectivity index (χ2v) is 5.11. The first kappa shape index (κ1) is 11.5. The highest BCUT2D eigenvalue weighted by atomic mass is 32.2. The first-order chi connectivity index (χ1) is 8.76. The summed E-state index contributed by atoms with van der Waals surface area (Å²) in [6.45, 7) is 0. The van der Waals surface area contributed by atoms with Gasteiger partial charge in [0.1, 0.15) is 5.01 Å². The van der Waals surface area contributed by atoms with Crippen LogP contribution in [0.15, 0.2) is 35.5 Å². The van der Waals surface area contributed by atoms with Gasteiger partial charge in [-0.2, -0.15) is 8.28 Å². The van der Waals surface area contributed by atoms with E-state index in [1.54, 1.807) is 12.1 Å². The van der Waals surface area contributed by atoms with Gasteiger partial charge in [0.05, 0.1) is 21.7 Å². The highest BCUT2D eigenvalue weighted by Gasteiger charge is 2.09. The van der Waals surface area contributed by atoms with Crippen LogP contribution in [0.3, 0.4) is 0 Å². The average Bonchev–Trinajstić information content (AvgIpc) is 2.82. The van der Waals surface area contributed by atoms with Gasteiger partial charge >= 0.3 is 0 Å². The minimum atomic E-state index is -0.533. The van der Waals surface area contributed by atoms with E-state index >= 15 is 0 Å². The Morgan fingerprint density at radius 3 is 2.78 bits per heavy atom. The van der Waals surface area contributed by atoms with Crippen LogP contribution in [0.4, 0.5) is 8.28 Å². The molecular weight excluding hydrogens is 276 g/mol. The zero-order valence-electron chi connectivity index (χ0n) is 8.80. The van der Waals surface area contributed by atoms with Crippen molar-refractivity contribution in [3.05, 3.63) is 36.5 Å². The average molecular weight is 281 g/mol. The van der Waals surface area contributed by atoms with Crippen LogP contribution in [0.5, 0.6) is 0 Å². The maximum absolute atomic E-state index is 12.7. The van der Waals surface area contributed by atoms with Crippen molar-refractivity contribution in [2.45, 2.75) is 4.90 Å². The van der Waals surface area contributed by atoms with Gasteiger partial charge in [0.2, 0.25) is 5.95 Å². The molecule has 18 heavy (non-hydrogen) atoms. The third kappa shape index (κ3) is 2.06. The fraction of sp³-hybridized carbons (Fsp3) is 0. The molecule has 0 aliphatic rings. The SMILES string of the molecule is FSc1cnc2nc(-c3ccc(F)nc3)sc2c1. The summed E-state index contributed by atoms with van der Waals surface area (Å²) in [5, 5.41) is 0.686. The second-order valence-electron chi connectivity index (χ2n) is 3.46. The van der Waals surface area contributed by atoms with Crippen LogP contribution in [-0.2, 0) is 0 Å². The summed E-state index contributed by atoms with van der Waals surface area (Å²) < 4.78 is 25.9. The Balaban J connectivity index is 2.10. The lowest BCUT2D eigenvalue weighted by Crippen LogP contribution is -1.82. The summed E-state index contributed by atoms with van der Waals surface area (Å²) in [7, 11) is 0. The Kier molecular flexibility index (Phi) is 2.92. The summed E-state index contributed by atoms with van der Waals surface area (Å²) in [5.41, 5.74) is 1.27. The quantitative estimate of drug-likeness (QED) is 0.668. The summed E-state index contributed by atoms with van der Waals surface area (Å²) >= 11 is 1.51. The maximum atomic E-state index is 12.7. The number of thiazole rings is 1. The van der Waals surface area contributed by atoms with Gasteiger partial charge < -0.3 is 0 Å². The normalized spacial score (nSPS) is 11.0. The van der Waals surface area contributed by atoms with Crippen LogP contribution in [-0.4, -0.2) is 15.0 Å². The van der Waals surface area contributed by atoms with Crippen molar-refractivity contribution in [1.29, 1.82) is 0 Å². The van der Waals surface area contributed by atoms with Crippen molar-refractivity contribution in [3.8, 4) is 10.6 Å². The molecule has 0 fully saturated rings. The molecule has 0 atom stereocenters. The van der Waals surface area contributed by atoms with Gasteiger partial charge in [-0.25, -0.2) is 15.0 Å². The largest absolute Gasteiger partial charge is 0.235 e. The van der Waals surface area contributed by atoms with Crippen LogP contribution in [0.2, 0.25) is 0 Å². The van der Waals surface area contributed by atoms with Gasteiger partial charge in [-0.05, 0) is 18.2 Å². The van der Waals surface area contributed by atoms with Crippen molar-refractivity contribution >= 4 is 33.8 Å². The van der Waals surface area contributed by atoms with Gasteiger partial charge in [-0.1, -0.05) is 0 Å². The van der Waals surface area contributed by atoms with E-state index in [-0.39, 0.29) is 12.1 Å². The lowest BCUT2D eigenvalue weighted by Gasteiger charge is -1.93. The first-order valence-corrected chi connectivity index (χ1v) is 6.47. The Bertz CT molecular complexity index is 697. The zero-order valence-corrected chi connectivity index (χ0v) is 10.4. The highest BCUT2D eigenvalue weighted by Crippen LogP contribution is 2.31. The van der Waals surface area contributed by atoms with Gasteiger partial charge in [0.25, 0.3) is 0 Å². The van der Waals surface area contributed by atoms with Gasteiger partial charge in [-0.3, -0.25) is 0 Å². The molecule has 0 saturated carbocycles. The summed E-state index contributed by atoms with van der Waals surface area (Å²) in [4.78, 5) is 12.4. The van der Waals surface area contributed by atoms with Crippen molar-refractivity contribution in [3.63, 3.8) is 0 Å². The van der Waals surface area contributed by atoms with E-state index in [1.807, 2.05) is 0 Å². The molecule has 0 spiro atoms. The van der Waals surface area contributed by atoms with E-state index in [9.17, 15) is 8.28 Å². The molecule has 0 aliphatic heterocycles.